The van der Waals surface area contributed by atoms with Crippen LogP contribution in [-0.2, 0) is 23.6 Å². The number of hydrogen-bond donors (Lipinski definition) is 0. The second-order valence-corrected chi connectivity index (χ2v) is 10.9. The molecule has 0 amide bonds. The minimum absolute atomic E-state index is 0.0219. The molecule has 28 heavy (non-hydrogen) atoms. The summed E-state index contributed by atoms with van der Waals surface area (Å²) in [5.41, 5.74) is 2.56. The SMILES string of the molecule is CC=C1C(OS(=O)(=O)OC)CC2C3CCC4=CC(=O)CCC4(C)C3CCC12C. The third-order valence-corrected chi connectivity index (χ3v) is 9.45. The Bertz CT molecular complexity index is 841. The van der Waals surface area contributed by atoms with Gasteiger partial charge in [-0.1, -0.05) is 25.5 Å². The van der Waals surface area contributed by atoms with Gasteiger partial charge in [-0.2, -0.15) is 8.42 Å². The van der Waals surface area contributed by atoms with Crippen LogP contribution in [0.15, 0.2) is 23.3 Å². The highest BCUT2D eigenvalue weighted by atomic mass is 32.3. The Morgan fingerprint density at radius 1 is 1.11 bits per heavy atom. The van der Waals surface area contributed by atoms with E-state index in [0.29, 0.717) is 24.2 Å². The molecule has 0 heterocycles. The Balaban J connectivity index is 1.66. The van der Waals surface area contributed by atoms with Gasteiger partial charge in [0.1, 0.15) is 6.10 Å². The molecule has 6 unspecified atom stereocenters. The van der Waals surface area contributed by atoms with E-state index < -0.39 is 16.5 Å². The Hall–Kier alpha value is -0.980. The number of carbonyl (C=O) groups excluding carboxylic acids is 1. The zero-order valence-corrected chi connectivity index (χ0v) is 18.2. The van der Waals surface area contributed by atoms with Crippen LogP contribution >= 0.6 is 0 Å². The number of hydrogen-bond acceptors (Lipinski definition) is 5. The summed E-state index contributed by atoms with van der Waals surface area (Å²) in [7, 11) is -2.83. The summed E-state index contributed by atoms with van der Waals surface area (Å²) in [4.78, 5) is 12.0. The van der Waals surface area contributed by atoms with Crippen LogP contribution in [-0.4, -0.2) is 27.4 Å². The monoisotopic (exact) mass is 408 g/mol. The maximum atomic E-state index is 12.0. The third kappa shape index (κ3) is 2.94. The largest absolute Gasteiger partial charge is 0.400 e. The quantitative estimate of drug-likeness (QED) is 0.649. The van der Waals surface area contributed by atoms with Crippen molar-refractivity contribution in [2.24, 2.45) is 28.6 Å². The van der Waals surface area contributed by atoms with Crippen molar-refractivity contribution < 1.29 is 21.6 Å². The molecule has 6 atom stereocenters. The van der Waals surface area contributed by atoms with E-state index in [4.69, 9.17) is 4.18 Å². The predicted molar refractivity (Wildman–Crippen MR) is 107 cm³/mol. The van der Waals surface area contributed by atoms with Gasteiger partial charge < -0.3 is 0 Å². The molecule has 156 valence electrons. The summed E-state index contributed by atoms with van der Waals surface area (Å²) in [6, 6.07) is 0. The van der Waals surface area contributed by atoms with Gasteiger partial charge in [0.05, 0.1) is 7.11 Å². The molecule has 0 radical (unpaired) electrons. The average Bonchev–Trinajstić information content (AvgIpc) is 2.92. The molecule has 6 heteroatoms. The van der Waals surface area contributed by atoms with Crippen molar-refractivity contribution in [3.05, 3.63) is 23.3 Å². The first-order chi connectivity index (χ1) is 13.1. The maximum absolute atomic E-state index is 12.0. The molecule has 4 rings (SSSR count). The predicted octanol–water partition coefficient (Wildman–Crippen LogP) is 4.35. The van der Waals surface area contributed by atoms with Gasteiger partial charge in [-0.05, 0) is 85.7 Å². The fourth-order valence-electron chi connectivity index (χ4n) is 7.19. The van der Waals surface area contributed by atoms with Crippen LogP contribution in [0.25, 0.3) is 0 Å². The van der Waals surface area contributed by atoms with Gasteiger partial charge in [0.2, 0.25) is 0 Å². The van der Waals surface area contributed by atoms with Crippen LogP contribution in [0.1, 0.15) is 65.7 Å². The minimum atomic E-state index is -3.97. The highest BCUT2D eigenvalue weighted by molar-refractivity contribution is 7.81. The molecule has 0 aromatic carbocycles. The molecule has 0 saturated heterocycles. The fraction of sp³-hybridized carbons (Fsp3) is 0.773. The standard InChI is InChI=1S/C22H32O5S/c1-5-17-20(27-28(24,25)26-4)13-19-16-7-6-14-12-15(23)8-10-21(14,2)18(16)9-11-22(17,19)3/h5,12,16,18-20H,6-11,13H2,1-4H3. The highest BCUT2D eigenvalue weighted by Crippen LogP contribution is 2.66. The van der Waals surface area contributed by atoms with Crippen molar-refractivity contribution >= 4 is 16.2 Å². The molecule has 0 aliphatic heterocycles. The molecule has 4 aliphatic rings. The van der Waals surface area contributed by atoms with Crippen LogP contribution in [0.3, 0.4) is 0 Å². The van der Waals surface area contributed by atoms with Crippen LogP contribution in [0, 0.1) is 28.6 Å². The number of fused-ring (bicyclic) bond motifs is 5. The summed E-state index contributed by atoms with van der Waals surface area (Å²) in [6.07, 6.45) is 10.1. The number of rotatable bonds is 3. The van der Waals surface area contributed by atoms with Crippen molar-refractivity contribution in [1.82, 2.24) is 0 Å². The summed E-state index contributed by atoms with van der Waals surface area (Å²) in [6.45, 7) is 6.64. The molecule has 0 aromatic heterocycles. The van der Waals surface area contributed by atoms with Crippen molar-refractivity contribution in [1.29, 1.82) is 0 Å². The lowest BCUT2D eigenvalue weighted by molar-refractivity contribution is -0.117. The van der Waals surface area contributed by atoms with Gasteiger partial charge in [-0.15, -0.1) is 0 Å². The van der Waals surface area contributed by atoms with Gasteiger partial charge in [-0.25, -0.2) is 4.18 Å². The lowest BCUT2D eigenvalue weighted by Crippen LogP contribution is -2.49. The van der Waals surface area contributed by atoms with E-state index in [9.17, 15) is 13.2 Å². The van der Waals surface area contributed by atoms with E-state index in [1.807, 2.05) is 13.0 Å². The van der Waals surface area contributed by atoms with Gasteiger partial charge >= 0.3 is 10.4 Å². The van der Waals surface area contributed by atoms with Crippen LogP contribution in [0.5, 0.6) is 0 Å². The lowest BCUT2D eigenvalue weighted by Gasteiger charge is -2.57. The molecule has 5 nitrogen and oxygen atoms in total. The van der Waals surface area contributed by atoms with Crippen molar-refractivity contribution in [2.75, 3.05) is 7.11 Å². The first-order valence-corrected chi connectivity index (χ1v) is 11.9. The molecule has 0 spiro atoms. The summed E-state index contributed by atoms with van der Waals surface area (Å²) < 4.78 is 34.0. The van der Waals surface area contributed by atoms with E-state index in [1.165, 1.54) is 5.57 Å². The van der Waals surface area contributed by atoms with Gasteiger partial charge in [0, 0.05) is 6.42 Å². The second-order valence-electron chi connectivity index (χ2n) is 9.56. The van der Waals surface area contributed by atoms with Crippen molar-refractivity contribution in [3.63, 3.8) is 0 Å². The molecule has 4 aliphatic carbocycles. The summed E-state index contributed by atoms with van der Waals surface area (Å²) in [5.74, 6) is 1.80. The molecule has 3 saturated carbocycles. The zero-order chi connectivity index (χ0) is 20.3. The number of carbonyl (C=O) groups is 1. The molecule has 0 aromatic rings. The minimum Gasteiger partial charge on any atom is -0.295 e. The summed E-state index contributed by atoms with van der Waals surface area (Å²) in [5, 5.41) is 0. The van der Waals surface area contributed by atoms with Crippen molar-refractivity contribution in [3.8, 4) is 0 Å². The van der Waals surface area contributed by atoms with E-state index in [2.05, 4.69) is 24.1 Å². The van der Waals surface area contributed by atoms with E-state index in [1.54, 1.807) is 0 Å². The van der Waals surface area contributed by atoms with Gasteiger partial charge in [-0.3, -0.25) is 8.98 Å². The Kier molecular flexibility index (Phi) is 4.91. The Morgan fingerprint density at radius 3 is 2.54 bits per heavy atom. The molecule has 0 bridgehead atoms. The molecular formula is C22H32O5S. The molecule has 3 fully saturated rings. The fourth-order valence-corrected chi connectivity index (χ4v) is 7.73. The highest BCUT2D eigenvalue weighted by Gasteiger charge is 2.60. The van der Waals surface area contributed by atoms with Crippen LogP contribution in [0.2, 0.25) is 0 Å². The lowest BCUT2D eigenvalue weighted by atomic mass is 9.47. The normalized spacial score (nSPS) is 44.6. The Labute approximate surface area is 168 Å². The van der Waals surface area contributed by atoms with E-state index >= 15 is 0 Å². The van der Waals surface area contributed by atoms with Crippen molar-refractivity contribution in [2.45, 2.75) is 71.8 Å². The number of allylic oxidation sites excluding steroid dienone is 2. The smallest absolute Gasteiger partial charge is 0.295 e. The van der Waals surface area contributed by atoms with Gasteiger partial charge in [0.25, 0.3) is 0 Å². The zero-order valence-electron chi connectivity index (χ0n) is 17.4. The number of ketones is 1. The third-order valence-electron chi connectivity index (χ3n) is 8.58. The van der Waals surface area contributed by atoms with Crippen LogP contribution < -0.4 is 0 Å². The van der Waals surface area contributed by atoms with E-state index in [-0.39, 0.29) is 16.6 Å². The second kappa shape index (κ2) is 6.78. The first-order valence-electron chi connectivity index (χ1n) is 10.5. The topological polar surface area (TPSA) is 69.7 Å². The van der Waals surface area contributed by atoms with Gasteiger partial charge in [0.15, 0.2) is 5.78 Å². The first kappa shape index (κ1) is 20.3. The van der Waals surface area contributed by atoms with E-state index in [0.717, 1.165) is 51.2 Å². The molecule has 0 N–H and O–H groups in total. The Morgan fingerprint density at radius 2 is 1.86 bits per heavy atom. The molecular weight excluding hydrogens is 376 g/mol. The van der Waals surface area contributed by atoms with Crippen LogP contribution in [0.4, 0.5) is 0 Å². The summed E-state index contributed by atoms with van der Waals surface area (Å²) >= 11 is 0. The maximum Gasteiger partial charge on any atom is 0.400 e. The average molecular weight is 409 g/mol.